The lowest BCUT2D eigenvalue weighted by molar-refractivity contribution is 0.0690. The lowest BCUT2D eigenvalue weighted by Crippen LogP contribution is -2.02. The van der Waals surface area contributed by atoms with Crippen molar-refractivity contribution in [3.05, 3.63) is 29.6 Å². The van der Waals surface area contributed by atoms with Gasteiger partial charge in [-0.15, -0.1) is 0 Å². The second kappa shape index (κ2) is 5.43. The van der Waals surface area contributed by atoms with E-state index >= 15 is 0 Å². The SMILES string of the molecule is CS(=O)(=O)OCC#Cc1ccc(C(=O)O)nc1. The second-order valence-electron chi connectivity index (χ2n) is 3.01. The van der Waals surface area contributed by atoms with Crippen LogP contribution in [0.15, 0.2) is 18.3 Å². The Morgan fingerprint density at radius 1 is 1.53 bits per heavy atom. The number of pyridine rings is 1. The Morgan fingerprint density at radius 2 is 2.24 bits per heavy atom. The summed E-state index contributed by atoms with van der Waals surface area (Å²) < 4.78 is 25.6. The molecule has 0 bridgehead atoms. The average molecular weight is 255 g/mol. The monoisotopic (exact) mass is 255 g/mol. The summed E-state index contributed by atoms with van der Waals surface area (Å²) in [5, 5.41) is 8.59. The predicted molar refractivity (Wildman–Crippen MR) is 58.9 cm³/mol. The standard InChI is InChI=1S/C10H9NO5S/c1-17(14,15)16-6-2-3-8-4-5-9(10(12)13)11-7-8/h4-5,7H,6H2,1H3,(H,12,13). The molecular formula is C10H9NO5S. The van der Waals surface area contributed by atoms with E-state index in [0.717, 1.165) is 6.26 Å². The van der Waals surface area contributed by atoms with E-state index in [9.17, 15) is 13.2 Å². The first-order valence-electron chi connectivity index (χ1n) is 4.41. The third-order valence-electron chi connectivity index (χ3n) is 1.56. The van der Waals surface area contributed by atoms with E-state index in [1.807, 2.05) is 0 Å². The summed E-state index contributed by atoms with van der Waals surface area (Å²) in [6, 6.07) is 2.79. The van der Waals surface area contributed by atoms with Gasteiger partial charge in [0.15, 0.2) is 0 Å². The molecule has 6 nitrogen and oxygen atoms in total. The summed E-state index contributed by atoms with van der Waals surface area (Å²) in [5.41, 5.74) is 0.398. The number of carboxylic acid groups (broad SMARTS) is 1. The van der Waals surface area contributed by atoms with Crippen molar-refractivity contribution in [3.8, 4) is 11.8 Å². The highest BCUT2D eigenvalue weighted by Crippen LogP contribution is 1.98. The number of carbonyl (C=O) groups is 1. The van der Waals surface area contributed by atoms with Gasteiger partial charge in [0, 0.05) is 11.8 Å². The summed E-state index contributed by atoms with van der Waals surface area (Å²) in [4.78, 5) is 14.1. The minimum atomic E-state index is -3.49. The van der Waals surface area contributed by atoms with Gasteiger partial charge >= 0.3 is 5.97 Å². The van der Waals surface area contributed by atoms with Crippen molar-refractivity contribution < 1.29 is 22.5 Å². The fraction of sp³-hybridized carbons (Fsp3) is 0.200. The molecule has 0 aliphatic carbocycles. The van der Waals surface area contributed by atoms with E-state index < -0.39 is 16.1 Å². The predicted octanol–water partition coefficient (Wildman–Crippen LogP) is 0.108. The van der Waals surface area contributed by atoms with Crippen LogP contribution in [0.25, 0.3) is 0 Å². The van der Waals surface area contributed by atoms with Crippen LogP contribution in [0.2, 0.25) is 0 Å². The van der Waals surface area contributed by atoms with Gasteiger partial charge in [-0.05, 0) is 12.1 Å². The number of hydrogen-bond acceptors (Lipinski definition) is 5. The van der Waals surface area contributed by atoms with E-state index in [2.05, 4.69) is 21.0 Å². The molecule has 0 unspecified atom stereocenters. The fourth-order valence-corrected chi connectivity index (χ4v) is 1.14. The zero-order valence-electron chi connectivity index (χ0n) is 8.87. The Balaban J connectivity index is 2.64. The Hall–Kier alpha value is -1.91. The lowest BCUT2D eigenvalue weighted by Gasteiger charge is -1.94. The maximum atomic E-state index is 10.6. The molecule has 0 atom stereocenters. The largest absolute Gasteiger partial charge is 0.477 e. The topological polar surface area (TPSA) is 93.6 Å². The Morgan fingerprint density at radius 3 is 2.71 bits per heavy atom. The highest BCUT2D eigenvalue weighted by Gasteiger charge is 2.02. The molecule has 7 heteroatoms. The van der Waals surface area contributed by atoms with Crippen LogP contribution >= 0.6 is 0 Å². The van der Waals surface area contributed by atoms with Crippen molar-refractivity contribution in [2.45, 2.75) is 0 Å². The van der Waals surface area contributed by atoms with Crippen LogP contribution in [0.4, 0.5) is 0 Å². The molecule has 0 saturated carbocycles. The summed E-state index contributed by atoms with van der Waals surface area (Å²) >= 11 is 0. The molecule has 1 aromatic rings. The molecule has 0 radical (unpaired) electrons. The number of nitrogens with zero attached hydrogens (tertiary/aromatic N) is 1. The van der Waals surface area contributed by atoms with Crippen molar-refractivity contribution in [1.29, 1.82) is 0 Å². The first-order chi connectivity index (χ1) is 7.88. The summed E-state index contributed by atoms with van der Waals surface area (Å²) in [6.45, 7) is -0.250. The second-order valence-corrected chi connectivity index (χ2v) is 4.65. The number of rotatable bonds is 3. The molecule has 17 heavy (non-hydrogen) atoms. The van der Waals surface area contributed by atoms with Crippen LogP contribution < -0.4 is 0 Å². The highest BCUT2D eigenvalue weighted by molar-refractivity contribution is 7.85. The minimum Gasteiger partial charge on any atom is -0.477 e. The zero-order valence-corrected chi connectivity index (χ0v) is 9.69. The van der Waals surface area contributed by atoms with Crippen LogP contribution in [0.1, 0.15) is 16.1 Å². The van der Waals surface area contributed by atoms with Gasteiger partial charge in [-0.1, -0.05) is 11.8 Å². The van der Waals surface area contributed by atoms with E-state index in [1.165, 1.54) is 18.3 Å². The minimum absolute atomic E-state index is 0.0806. The molecule has 0 saturated heterocycles. The Labute approximate surface area is 98.4 Å². The van der Waals surface area contributed by atoms with Crippen LogP contribution in [-0.2, 0) is 14.3 Å². The van der Waals surface area contributed by atoms with Gasteiger partial charge in [0.25, 0.3) is 10.1 Å². The maximum Gasteiger partial charge on any atom is 0.354 e. The molecule has 90 valence electrons. The quantitative estimate of drug-likeness (QED) is 0.608. The molecule has 0 aliphatic heterocycles. The third kappa shape index (κ3) is 5.10. The zero-order chi connectivity index (χ0) is 12.9. The molecule has 0 fully saturated rings. The van der Waals surface area contributed by atoms with Crippen molar-refractivity contribution in [2.75, 3.05) is 12.9 Å². The van der Waals surface area contributed by atoms with E-state index in [4.69, 9.17) is 5.11 Å². The molecule has 0 spiro atoms. The first kappa shape index (κ1) is 13.2. The van der Waals surface area contributed by atoms with Crippen molar-refractivity contribution in [1.82, 2.24) is 4.98 Å². The van der Waals surface area contributed by atoms with Crippen LogP contribution in [0, 0.1) is 11.8 Å². The van der Waals surface area contributed by atoms with Gasteiger partial charge in [-0.2, -0.15) is 8.42 Å². The van der Waals surface area contributed by atoms with Gasteiger partial charge < -0.3 is 5.11 Å². The van der Waals surface area contributed by atoms with E-state index in [-0.39, 0.29) is 12.3 Å². The molecule has 1 aromatic heterocycles. The van der Waals surface area contributed by atoms with Crippen LogP contribution in [0.3, 0.4) is 0 Å². The lowest BCUT2D eigenvalue weighted by atomic mass is 10.2. The maximum absolute atomic E-state index is 10.6. The normalized spacial score (nSPS) is 10.4. The van der Waals surface area contributed by atoms with Crippen molar-refractivity contribution in [2.24, 2.45) is 0 Å². The molecular weight excluding hydrogens is 246 g/mol. The molecule has 1 N–H and O–H groups in total. The van der Waals surface area contributed by atoms with Crippen LogP contribution in [-0.4, -0.2) is 37.3 Å². The molecule has 1 heterocycles. The number of aromatic nitrogens is 1. The number of aromatic carboxylic acids is 1. The van der Waals surface area contributed by atoms with Gasteiger partial charge in [-0.3, -0.25) is 4.18 Å². The van der Waals surface area contributed by atoms with Crippen molar-refractivity contribution >= 4 is 16.1 Å². The van der Waals surface area contributed by atoms with Gasteiger partial charge in [0.05, 0.1) is 6.26 Å². The third-order valence-corrected chi connectivity index (χ3v) is 2.11. The molecule has 0 aliphatic rings. The number of hydrogen-bond donors (Lipinski definition) is 1. The van der Waals surface area contributed by atoms with Gasteiger partial charge in [-0.25, -0.2) is 9.78 Å². The van der Waals surface area contributed by atoms with Crippen LogP contribution in [0.5, 0.6) is 0 Å². The average Bonchev–Trinajstić information content (AvgIpc) is 2.24. The fourth-order valence-electron chi connectivity index (χ4n) is 0.869. The highest BCUT2D eigenvalue weighted by atomic mass is 32.2. The summed E-state index contributed by atoms with van der Waals surface area (Å²) in [5.74, 6) is 3.94. The molecule has 0 amide bonds. The van der Waals surface area contributed by atoms with Gasteiger partial charge in [0.1, 0.15) is 12.3 Å². The van der Waals surface area contributed by atoms with Crippen molar-refractivity contribution in [3.63, 3.8) is 0 Å². The first-order valence-corrected chi connectivity index (χ1v) is 6.23. The van der Waals surface area contributed by atoms with Gasteiger partial charge in [0.2, 0.25) is 0 Å². The Bertz CT molecular complexity index is 565. The summed E-state index contributed by atoms with van der Waals surface area (Å²) in [6.07, 6.45) is 2.22. The molecule has 0 aromatic carbocycles. The van der Waals surface area contributed by atoms with E-state index in [1.54, 1.807) is 0 Å². The molecule has 1 rings (SSSR count). The Kier molecular flexibility index (Phi) is 4.20. The summed E-state index contributed by atoms with van der Waals surface area (Å²) in [7, 11) is -3.49. The smallest absolute Gasteiger partial charge is 0.354 e. The van der Waals surface area contributed by atoms with E-state index in [0.29, 0.717) is 5.56 Å². The number of carboxylic acids is 1.